The predicted octanol–water partition coefficient (Wildman–Crippen LogP) is -5.76. The van der Waals surface area contributed by atoms with Crippen LogP contribution in [0.25, 0.3) is 0 Å². The summed E-state index contributed by atoms with van der Waals surface area (Å²) in [4.78, 5) is 101. The van der Waals surface area contributed by atoms with Gasteiger partial charge in [-0.1, -0.05) is 20.8 Å². The second-order valence-corrected chi connectivity index (χ2v) is 24.6. The zero-order valence-corrected chi connectivity index (χ0v) is 47.1. The van der Waals surface area contributed by atoms with E-state index in [1.54, 1.807) is 9.80 Å². The monoisotopic (exact) mass is 1190 g/mol. The van der Waals surface area contributed by atoms with E-state index in [-0.39, 0.29) is 145 Å². The normalized spacial score (nSPS) is 41.4. The summed E-state index contributed by atoms with van der Waals surface area (Å²) in [5.74, 6) is -4.13. The van der Waals surface area contributed by atoms with Gasteiger partial charge in [0.2, 0.25) is 29.5 Å². The lowest BCUT2D eigenvalue weighted by Crippen LogP contribution is -2.69. The highest BCUT2D eigenvalue weighted by atomic mass is 16.7. The van der Waals surface area contributed by atoms with Crippen LogP contribution in [-0.4, -0.2) is 282 Å². The molecular weight excluding hydrogens is 1110 g/mol. The van der Waals surface area contributed by atoms with Gasteiger partial charge in [0.15, 0.2) is 29.7 Å². The lowest BCUT2D eigenvalue weighted by molar-refractivity contribution is -0.254. The van der Waals surface area contributed by atoms with E-state index < -0.39 is 151 Å². The van der Waals surface area contributed by atoms with Crippen molar-refractivity contribution in [3.05, 3.63) is 22.7 Å². The van der Waals surface area contributed by atoms with Crippen LogP contribution in [0.2, 0.25) is 0 Å². The number of cyclic esters (lactones) is 1. The highest BCUT2D eigenvalue weighted by molar-refractivity contribution is 5.95. The van der Waals surface area contributed by atoms with E-state index in [0.29, 0.717) is 24.0 Å². The van der Waals surface area contributed by atoms with E-state index in [4.69, 9.17) is 33.2 Å². The fourth-order valence-electron chi connectivity index (χ4n) is 15.1. The molecule has 11 N–H and O–H groups in total. The van der Waals surface area contributed by atoms with Gasteiger partial charge >= 0.3 is 11.9 Å². The Bertz CT molecular complexity index is 2700. The number of fused-ring (bicyclic) bond motifs is 4. The SMILES string of the molecule is CC(C)[C@]12O[C@H]1[C@@H]1O[C@]13[C@]1(O[C@H]1CC1C4=C(CC[C@@]13C)C(=O)O/C4=C(\CCC(=O)N1CCN(C(=O)CCN[C@H]3C(O)O[C@H](CO)[C@@H](O)[C@@H]3O)CC1)OC(=O)CCC(=O)N1CCN(C(=O)CCC(=O)N[C@H]3C(O)O[C@H](CO)[C@@H](O)[C@@H]3O)CC1)[C@@H]2O. The largest absolute Gasteiger partial charge is 0.427 e. The average molecular weight is 1190 g/mol. The summed E-state index contributed by atoms with van der Waals surface area (Å²) < 4.78 is 42.1. The minimum atomic E-state index is -1.72. The number of rotatable bonds is 18. The zero-order valence-electron chi connectivity index (χ0n) is 47.1. The molecule has 9 fully saturated rings. The van der Waals surface area contributed by atoms with Crippen molar-refractivity contribution in [1.82, 2.24) is 30.2 Å². The van der Waals surface area contributed by atoms with Gasteiger partial charge in [0, 0.05) is 114 Å². The third-order valence-electron chi connectivity index (χ3n) is 20.0. The maximum absolute atomic E-state index is 14.1. The molecule has 2 spiro atoms. The van der Waals surface area contributed by atoms with E-state index in [0.717, 1.165) is 0 Å². The second kappa shape index (κ2) is 23.0. The molecule has 0 aromatic carbocycles. The van der Waals surface area contributed by atoms with Gasteiger partial charge in [0.05, 0.1) is 31.8 Å². The van der Waals surface area contributed by atoms with Crippen molar-refractivity contribution < 1.29 is 113 Å². The van der Waals surface area contributed by atoms with Gasteiger partial charge in [-0.2, -0.15) is 0 Å². The molecule has 2 saturated carbocycles. The molecule has 29 nitrogen and oxygen atoms in total. The number of epoxide rings is 3. The Morgan fingerprint density at radius 3 is 1.74 bits per heavy atom. The first kappa shape index (κ1) is 60.8. The number of ether oxygens (including phenoxy) is 7. The van der Waals surface area contributed by atoms with Gasteiger partial charge in [-0.3, -0.25) is 28.8 Å². The third kappa shape index (κ3) is 10.0. The van der Waals surface area contributed by atoms with Gasteiger partial charge < -0.3 is 109 Å². The Labute approximate surface area is 482 Å². The molecule has 19 atom stereocenters. The number of allylic oxidation sites excluding steroid dienone is 2. The summed E-state index contributed by atoms with van der Waals surface area (Å²) in [7, 11) is 0. The molecule has 29 heteroatoms. The number of hydrogen-bond acceptors (Lipinski definition) is 24. The molecular formula is C55H78N6O23. The Hall–Kier alpha value is -4.83. The van der Waals surface area contributed by atoms with Crippen molar-refractivity contribution in [1.29, 1.82) is 0 Å². The smallest absolute Gasteiger partial charge is 0.339 e. The van der Waals surface area contributed by atoms with Crippen molar-refractivity contribution in [2.75, 3.05) is 72.1 Å². The van der Waals surface area contributed by atoms with Crippen molar-refractivity contribution in [3.8, 4) is 0 Å². The number of aliphatic hydroxyl groups excluding tert-OH is 9. The van der Waals surface area contributed by atoms with Crippen LogP contribution in [0.5, 0.6) is 0 Å². The Balaban J connectivity index is 0.721. The van der Waals surface area contributed by atoms with Crippen molar-refractivity contribution in [3.63, 3.8) is 0 Å². The van der Waals surface area contributed by atoms with Crippen LogP contribution in [0.15, 0.2) is 22.7 Å². The summed E-state index contributed by atoms with van der Waals surface area (Å²) in [5, 5.41) is 97.7. The van der Waals surface area contributed by atoms with Crippen LogP contribution in [0, 0.1) is 17.3 Å². The number of esters is 2. The van der Waals surface area contributed by atoms with Crippen LogP contribution < -0.4 is 10.6 Å². The molecule has 3 aliphatic carbocycles. The zero-order chi connectivity index (χ0) is 60.1. The molecule has 3 unspecified atom stereocenters. The molecule has 0 radical (unpaired) electrons. The lowest BCUT2D eigenvalue weighted by atomic mass is 9.46. The molecule has 11 rings (SSSR count). The van der Waals surface area contributed by atoms with E-state index in [9.17, 15) is 79.5 Å². The van der Waals surface area contributed by atoms with Crippen LogP contribution in [0.1, 0.15) is 85.0 Å². The maximum Gasteiger partial charge on any atom is 0.339 e. The average Bonchev–Trinajstić information content (AvgIpc) is 1.42. The van der Waals surface area contributed by atoms with Crippen LogP contribution >= 0.6 is 0 Å². The Kier molecular flexibility index (Phi) is 16.7. The molecule has 0 bridgehead atoms. The molecule has 84 heavy (non-hydrogen) atoms. The number of aliphatic hydroxyl groups is 9. The second-order valence-electron chi connectivity index (χ2n) is 24.6. The molecule has 11 aliphatic rings. The molecule has 5 amide bonds. The highest BCUT2D eigenvalue weighted by Crippen LogP contribution is 2.83. The minimum Gasteiger partial charge on any atom is -0.427 e. The third-order valence-corrected chi connectivity index (χ3v) is 20.0. The van der Waals surface area contributed by atoms with E-state index in [1.807, 2.05) is 13.8 Å². The topological polar surface area (TPSA) is 413 Å². The fourth-order valence-corrected chi connectivity index (χ4v) is 15.1. The molecule has 7 saturated heterocycles. The van der Waals surface area contributed by atoms with E-state index in [2.05, 4.69) is 17.6 Å². The minimum absolute atomic E-state index is 0.00808. The Morgan fingerprint density at radius 1 is 0.655 bits per heavy atom. The number of amides is 5. The first-order chi connectivity index (χ1) is 40.0. The number of carbonyl (C=O) groups excluding carboxylic acids is 7. The highest BCUT2D eigenvalue weighted by Gasteiger charge is 3.00. The van der Waals surface area contributed by atoms with Crippen LogP contribution in [0.4, 0.5) is 0 Å². The number of nitrogens with one attached hydrogen (secondary N) is 2. The predicted molar refractivity (Wildman–Crippen MR) is 278 cm³/mol. The van der Waals surface area contributed by atoms with Gasteiger partial charge in [0.1, 0.15) is 72.2 Å². The van der Waals surface area contributed by atoms with Gasteiger partial charge in [-0.25, -0.2) is 4.79 Å². The molecule has 466 valence electrons. The van der Waals surface area contributed by atoms with Crippen molar-refractivity contribution in [2.45, 2.75) is 187 Å². The quantitative estimate of drug-likeness (QED) is 0.0346. The summed E-state index contributed by atoms with van der Waals surface area (Å²) in [6.45, 7) is 5.94. The van der Waals surface area contributed by atoms with Gasteiger partial charge in [-0.15, -0.1) is 0 Å². The number of carbonyl (C=O) groups is 7. The fraction of sp³-hybridized carbons (Fsp3) is 0.800. The van der Waals surface area contributed by atoms with Gasteiger partial charge in [0.25, 0.3) is 0 Å². The summed E-state index contributed by atoms with van der Waals surface area (Å²) in [5.41, 5.74) is -2.59. The van der Waals surface area contributed by atoms with Crippen molar-refractivity contribution in [2.24, 2.45) is 17.3 Å². The molecule has 8 aliphatic heterocycles. The first-order valence-corrected chi connectivity index (χ1v) is 29.3. The number of piperazine rings is 2. The standard InChI is InChI=1S/C55H78N6O23/c1-25(2)53-46(83-53)47-55(84-47)52(3)12-10-26-38(27(52)22-31-54(55,82-31)51(53)77)45(81-48(26)74)28(4-6-33(65)58-18-20-61(21-19-58)36(68)11-13-56-39-43(72)41(70)29(23-62)79-49(39)75)78-37(69)9-8-35(67)60-16-14-59(15-17-60)34(66)7-5-32(64)57-40-44(73)42(71)30(24-63)80-50(40)76/h25,27,29-31,39-44,46-47,49-51,56,62-63,70-73,75-77H,4-24H2,1-3H3,(H,57,64)/b45-28+/t27?,29-,30-,31+,39-,40-,41-,42-,43-,44-,46+,47+,49?,50?,51-,52+,53+,54-,55-/m1/s1. The maximum atomic E-state index is 14.1. The summed E-state index contributed by atoms with van der Waals surface area (Å²) in [6.07, 6.45) is -14.6. The van der Waals surface area contributed by atoms with Crippen molar-refractivity contribution >= 4 is 41.5 Å². The molecule has 0 aromatic heterocycles. The summed E-state index contributed by atoms with van der Waals surface area (Å²) in [6, 6.07) is -2.54. The molecule has 8 heterocycles. The summed E-state index contributed by atoms with van der Waals surface area (Å²) >= 11 is 0. The van der Waals surface area contributed by atoms with Gasteiger partial charge in [-0.05, 0) is 31.1 Å². The van der Waals surface area contributed by atoms with Crippen LogP contribution in [-0.2, 0) is 66.7 Å². The van der Waals surface area contributed by atoms with Crippen LogP contribution in [0.3, 0.4) is 0 Å². The lowest BCUT2D eigenvalue weighted by Gasteiger charge is -2.53. The first-order valence-electron chi connectivity index (χ1n) is 29.3. The Morgan fingerprint density at radius 2 is 1.18 bits per heavy atom. The van der Waals surface area contributed by atoms with E-state index >= 15 is 0 Å². The number of hydrogen-bond donors (Lipinski definition) is 11. The van der Waals surface area contributed by atoms with E-state index in [1.165, 1.54) is 9.80 Å². The molecule has 0 aromatic rings. The number of nitrogens with zero attached hydrogens (tertiary/aromatic N) is 4.